The topological polar surface area (TPSA) is 232 Å². The first-order chi connectivity index (χ1) is 23.6. The van der Waals surface area contributed by atoms with Crippen LogP contribution in [0.1, 0.15) is 93.6 Å². The van der Waals surface area contributed by atoms with Crippen LogP contribution in [0.5, 0.6) is 0 Å². The Morgan fingerprint density at radius 2 is 1.54 bits per heavy atom. The smallest absolute Gasteiger partial charge is 0.312 e. The molecule has 1 fully saturated rings. The molecule has 0 spiro atoms. The molecule has 0 radical (unpaired) electrons. The van der Waals surface area contributed by atoms with Crippen LogP contribution in [0.3, 0.4) is 0 Å². The van der Waals surface area contributed by atoms with Crippen molar-refractivity contribution in [2.24, 2.45) is 29.2 Å². The lowest BCUT2D eigenvalue weighted by atomic mass is 9.94. The third-order valence-electron chi connectivity index (χ3n) is 6.86. The highest BCUT2D eigenvalue weighted by Crippen LogP contribution is 2.26. The number of carbonyl (C=O) groups excluding carboxylic acids is 7. The summed E-state index contributed by atoms with van der Waals surface area (Å²) in [6.07, 6.45) is 3.39. The standard InChI is InChI=1S/C25H34N4O7.C4H10N2O.C4H11N.C2H6/c1-14(2)19-10-22(33)29(25(19)35)12-21(32)28-23(15(3)4)24(34)26-11-20(31)27-18-8-6-17(7-9-18)13-36-16(5)30;1-2-3-6-4(5)7;1-2-3-4-5;1-2/h6-9,14-15,19,23H,10-13H2,1-5H3,(H,26,34)(H,27,31)(H,28,32);2-3H2,1H3,(H3,5,6,7);2-5H2,1H3;1-2H3. The zero-order valence-electron chi connectivity index (χ0n) is 31.4. The van der Waals surface area contributed by atoms with E-state index in [1.165, 1.54) is 19.8 Å². The van der Waals surface area contributed by atoms with Crippen LogP contribution in [0.25, 0.3) is 0 Å². The normalized spacial score (nSPS) is 13.8. The predicted molar refractivity (Wildman–Crippen MR) is 193 cm³/mol. The van der Waals surface area contributed by atoms with Gasteiger partial charge in [0.15, 0.2) is 0 Å². The van der Waals surface area contributed by atoms with Gasteiger partial charge in [-0.1, -0.05) is 73.9 Å². The number of ether oxygens (including phenoxy) is 1. The number of imide groups is 1. The van der Waals surface area contributed by atoms with Crippen LogP contribution in [0.4, 0.5) is 10.5 Å². The lowest BCUT2D eigenvalue weighted by Crippen LogP contribution is -2.53. The van der Waals surface area contributed by atoms with Gasteiger partial charge in [0, 0.05) is 31.5 Å². The molecule has 1 aromatic carbocycles. The van der Waals surface area contributed by atoms with Gasteiger partial charge < -0.3 is 37.5 Å². The molecule has 2 atom stereocenters. The number of carbonyl (C=O) groups is 7. The number of primary amides is 1. The minimum Gasteiger partial charge on any atom is -0.461 e. The van der Waals surface area contributed by atoms with Crippen molar-refractivity contribution in [3.63, 3.8) is 0 Å². The number of nitrogens with zero attached hydrogens (tertiary/aromatic N) is 1. The summed E-state index contributed by atoms with van der Waals surface area (Å²) in [4.78, 5) is 83.7. The van der Waals surface area contributed by atoms with E-state index in [-0.39, 0.29) is 37.3 Å². The molecule has 1 heterocycles. The van der Waals surface area contributed by atoms with Crippen molar-refractivity contribution < 1.29 is 38.3 Å². The Hall–Kier alpha value is -4.53. The zero-order valence-corrected chi connectivity index (χ0v) is 31.4. The van der Waals surface area contributed by atoms with E-state index >= 15 is 0 Å². The third kappa shape index (κ3) is 20.8. The van der Waals surface area contributed by atoms with Gasteiger partial charge in [-0.05, 0) is 48.9 Å². The van der Waals surface area contributed by atoms with Crippen molar-refractivity contribution in [2.45, 2.75) is 101 Å². The summed E-state index contributed by atoms with van der Waals surface area (Å²) in [5, 5.41) is 10.1. The van der Waals surface area contributed by atoms with Gasteiger partial charge in [-0.25, -0.2) is 4.79 Å². The summed E-state index contributed by atoms with van der Waals surface area (Å²) in [7, 11) is 0. The quantitative estimate of drug-likeness (QED) is 0.116. The summed E-state index contributed by atoms with van der Waals surface area (Å²) in [5.41, 5.74) is 11.1. The number of esters is 1. The van der Waals surface area contributed by atoms with Crippen molar-refractivity contribution in [1.82, 2.24) is 20.9 Å². The number of anilines is 1. The molecule has 7 amide bonds. The van der Waals surface area contributed by atoms with Gasteiger partial charge in [-0.15, -0.1) is 0 Å². The molecule has 0 saturated carbocycles. The van der Waals surface area contributed by atoms with Gasteiger partial charge in [-0.2, -0.15) is 0 Å². The largest absolute Gasteiger partial charge is 0.461 e. The molecular weight excluding hydrogens is 646 g/mol. The highest BCUT2D eigenvalue weighted by molar-refractivity contribution is 6.06. The lowest BCUT2D eigenvalue weighted by Gasteiger charge is -2.23. The van der Waals surface area contributed by atoms with Crippen LogP contribution in [0.2, 0.25) is 0 Å². The van der Waals surface area contributed by atoms with Gasteiger partial charge in [0.1, 0.15) is 19.2 Å². The maximum atomic E-state index is 12.7. The van der Waals surface area contributed by atoms with Crippen molar-refractivity contribution >= 4 is 47.2 Å². The molecule has 0 aromatic heterocycles. The first-order valence-electron chi connectivity index (χ1n) is 17.2. The van der Waals surface area contributed by atoms with Crippen molar-refractivity contribution in [3.8, 4) is 0 Å². The summed E-state index contributed by atoms with van der Waals surface area (Å²) in [6.45, 7) is 17.4. The number of nitrogens with one attached hydrogen (secondary N) is 4. The average Bonchev–Trinajstić information content (AvgIpc) is 3.35. The monoisotopic (exact) mass is 707 g/mol. The molecule has 284 valence electrons. The second-order valence-corrected chi connectivity index (χ2v) is 11.8. The van der Waals surface area contributed by atoms with Crippen LogP contribution in [-0.4, -0.2) is 78.7 Å². The molecule has 1 aromatic rings. The summed E-state index contributed by atoms with van der Waals surface area (Å²) in [6, 6.07) is 5.27. The molecule has 1 aliphatic heterocycles. The van der Waals surface area contributed by atoms with Gasteiger partial charge in [0.2, 0.25) is 29.5 Å². The number of likely N-dealkylation sites (tertiary alicyclic amines) is 1. The number of unbranched alkanes of at least 4 members (excludes halogenated alkanes) is 1. The van der Waals surface area contributed by atoms with Crippen molar-refractivity contribution in [3.05, 3.63) is 29.8 Å². The Balaban J connectivity index is 0. The fourth-order valence-electron chi connectivity index (χ4n) is 4.10. The van der Waals surface area contributed by atoms with E-state index in [0.717, 1.165) is 23.4 Å². The van der Waals surface area contributed by atoms with Crippen LogP contribution >= 0.6 is 0 Å². The van der Waals surface area contributed by atoms with Crippen molar-refractivity contribution in [2.75, 3.05) is 31.5 Å². The molecule has 0 aliphatic carbocycles. The van der Waals surface area contributed by atoms with Gasteiger partial charge in [0.25, 0.3) is 0 Å². The third-order valence-corrected chi connectivity index (χ3v) is 6.86. The highest BCUT2D eigenvalue weighted by atomic mass is 16.5. The molecule has 2 rings (SSSR count). The van der Waals surface area contributed by atoms with Crippen LogP contribution < -0.4 is 32.7 Å². The van der Waals surface area contributed by atoms with E-state index < -0.39 is 54.1 Å². The number of nitrogens with two attached hydrogens (primary N) is 2. The van der Waals surface area contributed by atoms with Gasteiger partial charge in [-0.3, -0.25) is 33.7 Å². The van der Waals surface area contributed by atoms with Gasteiger partial charge >= 0.3 is 12.0 Å². The molecule has 15 heteroatoms. The van der Waals surface area contributed by atoms with Gasteiger partial charge in [0.05, 0.1) is 6.54 Å². The molecule has 8 N–H and O–H groups in total. The molecule has 2 unspecified atom stereocenters. The van der Waals surface area contributed by atoms with Crippen LogP contribution in [-0.2, 0) is 40.1 Å². The van der Waals surface area contributed by atoms with Crippen LogP contribution in [0.15, 0.2) is 24.3 Å². The van der Waals surface area contributed by atoms with E-state index in [1.54, 1.807) is 38.1 Å². The number of rotatable bonds is 15. The second-order valence-electron chi connectivity index (χ2n) is 11.8. The fourth-order valence-corrected chi connectivity index (χ4v) is 4.10. The van der Waals surface area contributed by atoms with E-state index in [4.69, 9.17) is 16.2 Å². The molecular formula is C35H61N7O8. The minimum absolute atomic E-state index is 0.0199. The Kier molecular flexibility index (Phi) is 26.0. The highest BCUT2D eigenvalue weighted by Gasteiger charge is 2.41. The molecule has 15 nitrogen and oxygen atoms in total. The molecule has 1 aliphatic rings. The number of urea groups is 1. The van der Waals surface area contributed by atoms with Crippen LogP contribution in [0, 0.1) is 17.8 Å². The number of benzene rings is 1. The fraction of sp³-hybridized carbons (Fsp3) is 0.629. The average molecular weight is 708 g/mol. The Bertz CT molecular complexity index is 1200. The number of hydrogen-bond donors (Lipinski definition) is 6. The SMILES string of the molecule is CC.CC(=O)OCc1ccc(NC(=O)CNC(=O)C(NC(=O)CN2C(=O)CC(C(C)C)C2=O)C(C)C)cc1.CCCCN.CCCNC(N)=O. The minimum atomic E-state index is -0.959. The maximum Gasteiger partial charge on any atom is 0.312 e. The summed E-state index contributed by atoms with van der Waals surface area (Å²) in [5.74, 6) is -3.63. The summed E-state index contributed by atoms with van der Waals surface area (Å²) < 4.78 is 4.90. The number of hydrogen-bond acceptors (Lipinski definition) is 9. The van der Waals surface area contributed by atoms with E-state index in [2.05, 4.69) is 28.2 Å². The summed E-state index contributed by atoms with van der Waals surface area (Å²) >= 11 is 0. The lowest BCUT2D eigenvalue weighted by molar-refractivity contribution is -0.144. The zero-order chi connectivity index (χ0) is 38.8. The second kappa shape index (κ2) is 27.3. The maximum absolute atomic E-state index is 12.7. The van der Waals surface area contributed by atoms with E-state index in [1.807, 2.05) is 34.6 Å². The first-order valence-corrected chi connectivity index (χ1v) is 17.2. The Morgan fingerprint density at radius 1 is 0.940 bits per heavy atom. The first kappa shape index (κ1) is 47.6. The van der Waals surface area contributed by atoms with Crippen molar-refractivity contribution in [1.29, 1.82) is 0 Å². The van der Waals surface area contributed by atoms with E-state index in [0.29, 0.717) is 12.2 Å². The molecule has 1 saturated heterocycles. The molecule has 0 bridgehead atoms. The Morgan fingerprint density at radius 3 is 1.94 bits per heavy atom. The number of amides is 7. The predicted octanol–water partition coefficient (Wildman–Crippen LogP) is 2.81. The molecule has 50 heavy (non-hydrogen) atoms. The Labute approximate surface area is 297 Å². The van der Waals surface area contributed by atoms with E-state index in [9.17, 15) is 33.6 Å².